The van der Waals surface area contributed by atoms with Gasteiger partial charge in [-0.3, -0.25) is 20.2 Å². The summed E-state index contributed by atoms with van der Waals surface area (Å²) in [7, 11) is 0. The molecule has 0 N–H and O–H groups in total. The molecule has 0 aliphatic carbocycles. The van der Waals surface area contributed by atoms with Crippen molar-refractivity contribution in [2.75, 3.05) is 0 Å². The minimum absolute atomic E-state index is 0.231. The van der Waals surface area contributed by atoms with E-state index in [1.807, 2.05) is 72.8 Å². The molecule has 5 aromatic rings. The maximum absolute atomic E-state index is 11.9. The van der Waals surface area contributed by atoms with Gasteiger partial charge in [-0.1, -0.05) is 72.8 Å². The largest absolute Gasteiger partial charge is 0.338 e. The van der Waals surface area contributed by atoms with Crippen LogP contribution in [0.2, 0.25) is 0 Å². The predicted molar refractivity (Wildman–Crippen MR) is 124 cm³/mol. The predicted octanol–water partition coefficient (Wildman–Crippen LogP) is 7.20. The van der Waals surface area contributed by atoms with Gasteiger partial charge in [-0.25, -0.2) is 0 Å². The molecule has 5 rings (SSSR count). The van der Waals surface area contributed by atoms with Crippen LogP contribution >= 0.6 is 11.3 Å². The number of nitrogens with zero attached hydrogens (tertiary/aromatic N) is 2. The van der Waals surface area contributed by atoms with E-state index in [4.69, 9.17) is 0 Å². The van der Waals surface area contributed by atoms with Crippen molar-refractivity contribution in [1.82, 2.24) is 0 Å². The molecular formula is C24H14N2O4S. The van der Waals surface area contributed by atoms with Gasteiger partial charge in [-0.05, 0) is 44.8 Å². The Balaban J connectivity index is 1.85. The van der Waals surface area contributed by atoms with Crippen LogP contribution in [0.15, 0.2) is 84.9 Å². The van der Waals surface area contributed by atoms with Crippen molar-refractivity contribution < 1.29 is 9.85 Å². The minimum atomic E-state index is -0.535. The van der Waals surface area contributed by atoms with Gasteiger partial charge < -0.3 is 0 Å². The van der Waals surface area contributed by atoms with Crippen LogP contribution in [0.4, 0.5) is 10.0 Å². The van der Waals surface area contributed by atoms with Crippen molar-refractivity contribution in [2.45, 2.75) is 0 Å². The summed E-state index contributed by atoms with van der Waals surface area (Å²) in [5.41, 5.74) is 1.72. The Morgan fingerprint density at radius 1 is 0.548 bits per heavy atom. The Morgan fingerprint density at radius 2 is 0.935 bits per heavy atom. The highest BCUT2D eigenvalue weighted by Crippen LogP contribution is 2.52. The van der Waals surface area contributed by atoms with Gasteiger partial charge in [0.1, 0.15) is 0 Å². The van der Waals surface area contributed by atoms with Crippen molar-refractivity contribution in [3.05, 3.63) is 105 Å². The summed E-state index contributed by atoms with van der Waals surface area (Å²) >= 11 is 0.605. The van der Waals surface area contributed by atoms with Crippen LogP contribution in [0.25, 0.3) is 43.8 Å². The van der Waals surface area contributed by atoms with Crippen molar-refractivity contribution in [3.63, 3.8) is 0 Å². The topological polar surface area (TPSA) is 86.3 Å². The van der Waals surface area contributed by atoms with Gasteiger partial charge in [0.2, 0.25) is 0 Å². The molecule has 0 amide bonds. The lowest BCUT2D eigenvalue weighted by atomic mass is 9.94. The fraction of sp³-hybridized carbons (Fsp3) is 0. The molecule has 1 heterocycles. The van der Waals surface area contributed by atoms with Crippen LogP contribution in [0, 0.1) is 20.2 Å². The second-order valence-corrected chi connectivity index (χ2v) is 8.08. The highest BCUT2D eigenvalue weighted by molar-refractivity contribution is 7.19. The number of hydrogen-bond acceptors (Lipinski definition) is 5. The van der Waals surface area contributed by atoms with Gasteiger partial charge in [0.05, 0.1) is 21.0 Å². The van der Waals surface area contributed by atoms with Crippen LogP contribution in [0.3, 0.4) is 0 Å². The van der Waals surface area contributed by atoms with E-state index in [-0.39, 0.29) is 21.1 Å². The van der Waals surface area contributed by atoms with Gasteiger partial charge in [0.15, 0.2) is 0 Å². The molecule has 0 spiro atoms. The van der Waals surface area contributed by atoms with Gasteiger partial charge in [-0.2, -0.15) is 0 Å². The zero-order valence-electron chi connectivity index (χ0n) is 16.0. The van der Waals surface area contributed by atoms with E-state index in [1.165, 1.54) is 0 Å². The lowest BCUT2D eigenvalue weighted by Gasteiger charge is -2.07. The number of nitro groups is 2. The maximum atomic E-state index is 11.9. The zero-order valence-corrected chi connectivity index (χ0v) is 16.8. The van der Waals surface area contributed by atoms with E-state index >= 15 is 0 Å². The molecule has 1 aromatic heterocycles. The van der Waals surface area contributed by atoms with Gasteiger partial charge in [0, 0.05) is 11.3 Å². The first kappa shape index (κ1) is 18.9. The molecule has 0 unspecified atom stereocenters. The summed E-state index contributed by atoms with van der Waals surface area (Å²) in [6.07, 6.45) is 0. The normalized spacial score (nSPS) is 11.1. The highest BCUT2D eigenvalue weighted by atomic mass is 32.1. The third-order valence-corrected chi connectivity index (χ3v) is 6.37. The maximum Gasteiger partial charge on any atom is 0.338 e. The first-order valence-electron chi connectivity index (χ1n) is 9.47. The molecule has 150 valence electrons. The molecule has 6 nitrogen and oxygen atoms in total. The number of benzene rings is 4. The second kappa shape index (κ2) is 7.30. The van der Waals surface area contributed by atoms with Gasteiger partial charge in [-0.15, -0.1) is 0 Å². The number of rotatable bonds is 4. The molecule has 0 bridgehead atoms. The summed E-state index contributed by atoms with van der Waals surface area (Å²) < 4.78 is 0. The van der Waals surface area contributed by atoms with Crippen molar-refractivity contribution in [1.29, 1.82) is 0 Å². The Labute approximate surface area is 180 Å². The van der Waals surface area contributed by atoms with E-state index < -0.39 is 9.85 Å². The fourth-order valence-electron chi connectivity index (χ4n) is 3.89. The van der Waals surface area contributed by atoms with E-state index in [1.54, 1.807) is 12.1 Å². The fourth-order valence-corrected chi connectivity index (χ4v) is 4.87. The Kier molecular flexibility index (Phi) is 4.45. The van der Waals surface area contributed by atoms with E-state index in [0.29, 0.717) is 22.5 Å². The molecule has 31 heavy (non-hydrogen) atoms. The zero-order chi connectivity index (χ0) is 21.5. The van der Waals surface area contributed by atoms with E-state index in [9.17, 15) is 20.2 Å². The number of thiophene rings is 1. The molecule has 0 saturated carbocycles. The first-order valence-corrected chi connectivity index (χ1v) is 10.3. The SMILES string of the molecule is O=[N+]([O-])c1sc([N+](=O)[O-])c(-c2ccc3ccccc3c2)c1-c1ccc2ccccc2c1. The minimum Gasteiger partial charge on any atom is -0.258 e. The lowest BCUT2D eigenvalue weighted by Crippen LogP contribution is -1.91. The average Bonchev–Trinajstić information content (AvgIpc) is 3.20. The summed E-state index contributed by atoms with van der Waals surface area (Å²) in [4.78, 5) is 22.7. The van der Waals surface area contributed by atoms with Crippen LogP contribution in [-0.2, 0) is 0 Å². The molecule has 0 aliphatic rings. The van der Waals surface area contributed by atoms with E-state index in [0.717, 1.165) is 21.5 Å². The molecule has 0 atom stereocenters. The van der Waals surface area contributed by atoms with Crippen LogP contribution < -0.4 is 0 Å². The summed E-state index contributed by atoms with van der Waals surface area (Å²) in [5, 5.41) is 27.1. The van der Waals surface area contributed by atoms with Crippen LogP contribution in [0.1, 0.15) is 0 Å². The Bertz CT molecular complexity index is 1390. The Morgan fingerprint density at radius 3 is 1.32 bits per heavy atom. The molecule has 0 aliphatic heterocycles. The molecule has 0 radical (unpaired) electrons. The Hall–Kier alpha value is -4.10. The van der Waals surface area contributed by atoms with Crippen molar-refractivity contribution in [2.24, 2.45) is 0 Å². The summed E-state index contributed by atoms with van der Waals surface area (Å²) in [6, 6.07) is 26.4. The standard InChI is InChI=1S/C24H14N2O4S/c27-25(28)23-21(19-11-9-15-5-1-3-7-17(15)13-19)22(24(31-23)26(29)30)20-12-10-16-6-2-4-8-18(16)14-20/h1-14H. The number of hydrogen-bond donors (Lipinski definition) is 0. The van der Waals surface area contributed by atoms with Crippen molar-refractivity contribution in [3.8, 4) is 22.3 Å². The van der Waals surface area contributed by atoms with Crippen molar-refractivity contribution >= 4 is 42.9 Å². The quantitative estimate of drug-likeness (QED) is 0.224. The van der Waals surface area contributed by atoms with Crippen LogP contribution in [-0.4, -0.2) is 9.85 Å². The lowest BCUT2D eigenvalue weighted by molar-refractivity contribution is -0.382. The molecular weight excluding hydrogens is 412 g/mol. The highest BCUT2D eigenvalue weighted by Gasteiger charge is 2.34. The summed E-state index contributed by atoms with van der Waals surface area (Å²) in [5.74, 6) is 0. The van der Waals surface area contributed by atoms with E-state index in [2.05, 4.69) is 0 Å². The van der Waals surface area contributed by atoms with Crippen LogP contribution in [0.5, 0.6) is 0 Å². The third kappa shape index (κ3) is 3.21. The smallest absolute Gasteiger partial charge is 0.258 e. The molecule has 7 heteroatoms. The second-order valence-electron chi connectivity index (χ2n) is 7.10. The molecule has 0 fully saturated rings. The number of fused-ring (bicyclic) bond motifs is 2. The molecule has 4 aromatic carbocycles. The third-order valence-electron chi connectivity index (χ3n) is 5.28. The van der Waals surface area contributed by atoms with Gasteiger partial charge in [0.25, 0.3) is 0 Å². The average molecular weight is 426 g/mol. The summed E-state index contributed by atoms with van der Waals surface area (Å²) in [6.45, 7) is 0. The molecule has 0 saturated heterocycles. The van der Waals surface area contributed by atoms with Gasteiger partial charge >= 0.3 is 10.0 Å². The monoisotopic (exact) mass is 426 g/mol. The first-order chi connectivity index (χ1) is 15.0.